The molecule has 6 nitrogen and oxygen atoms in total. The highest BCUT2D eigenvalue weighted by atomic mass is 16.5. The van der Waals surface area contributed by atoms with Gasteiger partial charge in [-0.25, -0.2) is 4.98 Å². The number of aromatic amines is 1. The van der Waals surface area contributed by atoms with Crippen molar-refractivity contribution in [2.75, 3.05) is 14.2 Å². The van der Waals surface area contributed by atoms with Crippen LogP contribution in [0.4, 0.5) is 0 Å². The first kappa shape index (κ1) is 16.6. The van der Waals surface area contributed by atoms with E-state index < -0.39 is 0 Å². The minimum Gasteiger partial charge on any atom is -0.497 e. The molecule has 2 aromatic carbocycles. The van der Waals surface area contributed by atoms with Crippen LogP contribution in [0.2, 0.25) is 0 Å². The van der Waals surface area contributed by atoms with E-state index in [2.05, 4.69) is 15.3 Å². The number of ether oxygens (including phenoxy) is 2. The van der Waals surface area contributed by atoms with E-state index >= 15 is 0 Å². The summed E-state index contributed by atoms with van der Waals surface area (Å²) in [5.74, 6) is 1.94. The highest BCUT2D eigenvalue weighted by Gasteiger charge is 2.09. The molecule has 1 amide bonds. The fraction of sp³-hybridized carbons (Fsp3) is 0.158. The Balaban J connectivity index is 1.72. The van der Waals surface area contributed by atoms with Crippen molar-refractivity contribution < 1.29 is 14.3 Å². The smallest absolute Gasteiger partial charge is 0.251 e. The Hall–Kier alpha value is -3.28. The zero-order chi connectivity index (χ0) is 17.6. The quantitative estimate of drug-likeness (QED) is 0.725. The van der Waals surface area contributed by atoms with E-state index in [4.69, 9.17) is 9.47 Å². The highest BCUT2D eigenvalue weighted by Crippen LogP contribution is 2.22. The Morgan fingerprint density at radius 1 is 1.12 bits per heavy atom. The predicted octanol–water partition coefficient (Wildman–Crippen LogP) is 3.02. The van der Waals surface area contributed by atoms with Crippen LogP contribution in [0.3, 0.4) is 0 Å². The van der Waals surface area contributed by atoms with Crippen LogP contribution in [0.1, 0.15) is 15.9 Å². The molecule has 0 saturated carbocycles. The molecule has 0 atom stereocenters. The van der Waals surface area contributed by atoms with Crippen LogP contribution in [0.25, 0.3) is 11.4 Å². The van der Waals surface area contributed by atoms with Crippen molar-refractivity contribution in [1.29, 1.82) is 0 Å². The molecular formula is C19H19N3O3. The molecule has 1 aromatic heterocycles. The number of methoxy groups -OCH3 is 2. The number of hydrogen-bond donors (Lipinski definition) is 2. The van der Waals surface area contributed by atoms with Crippen molar-refractivity contribution in [1.82, 2.24) is 15.3 Å². The van der Waals surface area contributed by atoms with Crippen LogP contribution in [-0.2, 0) is 6.54 Å². The van der Waals surface area contributed by atoms with Gasteiger partial charge in [-0.1, -0.05) is 12.1 Å². The van der Waals surface area contributed by atoms with E-state index in [1.54, 1.807) is 44.8 Å². The molecule has 0 bridgehead atoms. The van der Waals surface area contributed by atoms with Gasteiger partial charge in [0.05, 0.1) is 14.2 Å². The second kappa shape index (κ2) is 7.53. The number of imidazole rings is 1. The van der Waals surface area contributed by atoms with E-state index in [-0.39, 0.29) is 5.91 Å². The Morgan fingerprint density at radius 2 is 1.88 bits per heavy atom. The van der Waals surface area contributed by atoms with E-state index in [9.17, 15) is 4.79 Å². The van der Waals surface area contributed by atoms with Crippen molar-refractivity contribution in [3.63, 3.8) is 0 Å². The summed E-state index contributed by atoms with van der Waals surface area (Å²) in [5, 5.41) is 2.91. The largest absolute Gasteiger partial charge is 0.497 e. The molecule has 25 heavy (non-hydrogen) atoms. The number of hydrogen-bond acceptors (Lipinski definition) is 4. The molecule has 3 rings (SSSR count). The van der Waals surface area contributed by atoms with Crippen LogP contribution < -0.4 is 14.8 Å². The van der Waals surface area contributed by atoms with Gasteiger partial charge in [0.15, 0.2) is 0 Å². The molecule has 0 fully saturated rings. The standard InChI is InChI=1S/C19H19N3O3/c1-24-16-8-13(9-17(11-16)25-2)12-22-19(23)15-5-3-4-14(10-15)18-20-6-7-21-18/h3-11H,12H2,1-2H3,(H,20,21)(H,22,23). The molecule has 6 heteroatoms. The number of carbonyl (C=O) groups excluding carboxylic acids is 1. The van der Waals surface area contributed by atoms with Gasteiger partial charge in [0, 0.05) is 36.1 Å². The first-order valence-electron chi connectivity index (χ1n) is 7.79. The molecule has 0 aliphatic heterocycles. The van der Waals surface area contributed by atoms with Gasteiger partial charge in [-0.15, -0.1) is 0 Å². The Bertz CT molecular complexity index is 838. The van der Waals surface area contributed by atoms with Crippen LogP contribution in [-0.4, -0.2) is 30.1 Å². The van der Waals surface area contributed by atoms with E-state index in [1.165, 1.54) is 0 Å². The number of amides is 1. The van der Waals surface area contributed by atoms with Crippen molar-refractivity contribution in [2.45, 2.75) is 6.54 Å². The summed E-state index contributed by atoms with van der Waals surface area (Å²) in [6.45, 7) is 0.372. The lowest BCUT2D eigenvalue weighted by Gasteiger charge is -2.10. The molecule has 3 aromatic rings. The third-order valence-corrected chi connectivity index (χ3v) is 3.76. The van der Waals surface area contributed by atoms with Gasteiger partial charge in [-0.3, -0.25) is 4.79 Å². The van der Waals surface area contributed by atoms with Gasteiger partial charge < -0.3 is 19.8 Å². The van der Waals surface area contributed by atoms with Gasteiger partial charge in [0.1, 0.15) is 17.3 Å². The number of H-pyrrole nitrogens is 1. The molecule has 1 heterocycles. The maximum atomic E-state index is 12.4. The normalized spacial score (nSPS) is 10.3. The molecule has 0 radical (unpaired) electrons. The van der Waals surface area contributed by atoms with E-state index in [0.29, 0.717) is 23.6 Å². The van der Waals surface area contributed by atoms with Crippen LogP contribution in [0.5, 0.6) is 11.5 Å². The monoisotopic (exact) mass is 337 g/mol. The number of nitrogens with zero attached hydrogens (tertiary/aromatic N) is 1. The van der Waals surface area contributed by atoms with Crippen LogP contribution in [0, 0.1) is 0 Å². The number of aromatic nitrogens is 2. The van der Waals surface area contributed by atoms with Gasteiger partial charge >= 0.3 is 0 Å². The molecule has 2 N–H and O–H groups in total. The molecular weight excluding hydrogens is 318 g/mol. The molecule has 0 unspecified atom stereocenters. The number of benzene rings is 2. The van der Waals surface area contributed by atoms with E-state index in [0.717, 1.165) is 17.0 Å². The first-order chi connectivity index (χ1) is 12.2. The first-order valence-corrected chi connectivity index (χ1v) is 7.79. The van der Waals surface area contributed by atoms with Crippen LogP contribution in [0.15, 0.2) is 54.9 Å². The molecule has 0 saturated heterocycles. The Morgan fingerprint density at radius 3 is 2.52 bits per heavy atom. The van der Waals surface area contributed by atoms with Crippen molar-refractivity contribution in [2.24, 2.45) is 0 Å². The lowest BCUT2D eigenvalue weighted by atomic mass is 10.1. The zero-order valence-corrected chi connectivity index (χ0v) is 14.1. The number of rotatable bonds is 6. The van der Waals surface area contributed by atoms with Gasteiger partial charge in [0.25, 0.3) is 5.91 Å². The lowest BCUT2D eigenvalue weighted by Crippen LogP contribution is -2.22. The fourth-order valence-corrected chi connectivity index (χ4v) is 2.48. The summed E-state index contributed by atoms with van der Waals surface area (Å²) in [6, 6.07) is 12.8. The van der Waals surface area contributed by atoms with Crippen molar-refractivity contribution >= 4 is 5.91 Å². The van der Waals surface area contributed by atoms with Gasteiger partial charge in [-0.2, -0.15) is 0 Å². The Labute approximate surface area is 145 Å². The summed E-state index contributed by atoms with van der Waals surface area (Å²) < 4.78 is 10.5. The summed E-state index contributed by atoms with van der Waals surface area (Å²) in [5.41, 5.74) is 2.33. The number of nitrogens with one attached hydrogen (secondary N) is 2. The zero-order valence-electron chi connectivity index (χ0n) is 14.1. The van der Waals surface area contributed by atoms with Gasteiger partial charge in [-0.05, 0) is 29.8 Å². The Kier molecular flexibility index (Phi) is 4.99. The fourth-order valence-electron chi connectivity index (χ4n) is 2.48. The minimum atomic E-state index is -0.157. The molecule has 0 aliphatic rings. The summed E-state index contributed by atoms with van der Waals surface area (Å²) in [4.78, 5) is 19.7. The van der Waals surface area contributed by atoms with Crippen molar-refractivity contribution in [3.8, 4) is 22.9 Å². The molecule has 0 spiro atoms. The minimum absolute atomic E-state index is 0.157. The molecule has 128 valence electrons. The average molecular weight is 337 g/mol. The van der Waals surface area contributed by atoms with Crippen molar-refractivity contribution in [3.05, 3.63) is 66.0 Å². The highest BCUT2D eigenvalue weighted by molar-refractivity contribution is 5.95. The van der Waals surface area contributed by atoms with Gasteiger partial charge in [0.2, 0.25) is 0 Å². The topological polar surface area (TPSA) is 76.2 Å². The maximum Gasteiger partial charge on any atom is 0.251 e. The third-order valence-electron chi connectivity index (χ3n) is 3.76. The average Bonchev–Trinajstić information content (AvgIpc) is 3.20. The lowest BCUT2D eigenvalue weighted by molar-refractivity contribution is 0.0951. The van der Waals surface area contributed by atoms with E-state index in [1.807, 2.05) is 24.3 Å². The third kappa shape index (κ3) is 3.98. The summed E-state index contributed by atoms with van der Waals surface area (Å²) >= 11 is 0. The predicted molar refractivity (Wildman–Crippen MR) is 94.7 cm³/mol. The van der Waals surface area contributed by atoms with Crippen LogP contribution >= 0.6 is 0 Å². The molecule has 0 aliphatic carbocycles. The maximum absolute atomic E-state index is 12.4. The second-order valence-corrected chi connectivity index (χ2v) is 5.42. The second-order valence-electron chi connectivity index (χ2n) is 5.42. The SMILES string of the molecule is COc1cc(CNC(=O)c2cccc(-c3ncc[nH]3)c2)cc(OC)c1. The summed E-state index contributed by atoms with van der Waals surface area (Å²) in [7, 11) is 3.19. The summed E-state index contributed by atoms with van der Waals surface area (Å²) in [6.07, 6.45) is 3.43. The number of carbonyl (C=O) groups is 1.